The molecule has 0 spiro atoms. The van der Waals surface area contributed by atoms with Crippen LogP contribution in [0.25, 0.3) is 0 Å². The Morgan fingerprint density at radius 3 is 2.20 bits per heavy atom. The van der Waals surface area contributed by atoms with E-state index in [1.165, 1.54) is 20.3 Å². The van der Waals surface area contributed by atoms with E-state index < -0.39 is 15.9 Å². The second-order valence-electron chi connectivity index (χ2n) is 6.48. The zero-order chi connectivity index (χ0) is 21.7. The highest BCUT2D eigenvalue weighted by molar-refractivity contribution is 7.92. The molecule has 156 valence electrons. The number of hydrogen-bond acceptors (Lipinski definition) is 5. The van der Waals surface area contributed by atoms with Crippen molar-refractivity contribution in [3.8, 4) is 11.5 Å². The van der Waals surface area contributed by atoms with Crippen LogP contribution in [-0.4, -0.2) is 28.5 Å². The molecule has 0 unspecified atom stereocenters. The van der Waals surface area contributed by atoms with E-state index >= 15 is 0 Å². The molecule has 0 saturated carbocycles. The van der Waals surface area contributed by atoms with Crippen LogP contribution in [0.15, 0.2) is 71.6 Å². The van der Waals surface area contributed by atoms with Crippen LogP contribution >= 0.6 is 0 Å². The molecule has 7 nitrogen and oxygen atoms in total. The summed E-state index contributed by atoms with van der Waals surface area (Å²) in [6, 6.07) is 18.1. The molecule has 8 heteroatoms. The number of anilines is 2. The van der Waals surface area contributed by atoms with E-state index in [2.05, 4.69) is 10.0 Å². The van der Waals surface area contributed by atoms with E-state index in [1.807, 2.05) is 0 Å². The van der Waals surface area contributed by atoms with Crippen LogP contribution in [0.2, 0.25) is 0 Å². The fourth-order valence-corrected chi connectivity index (χ4v) is 4.19. The zero-order valence-electron chi connectivity index (χ0n) is 16.8. The van der Waals surface area contributed by atoms with Crippen LogP contribution in [0, 0.1) is 6.92 Å². The molecule has 0 aliphatic rings. The number of ether oxygens (including phenoxy) is 2. The summed E-state index contributed by atoms with van der Waals surface area (Å²) in [6.07, 6.45) is 0. The fraction of sp³-hybridized carbons (Fsp3) is 0.136. The monoisotopic (exact) mass is 426 g/mol. The number of aryl methyl sites for hydroxylation is 1. The minimum Gasteiger partial charge on any atom is -0.493 e. The van der Waals surface area contributed by atoms with Crippen molar-refractivity contribution in [3.05, 3.63) is 77.9 Å². The van der Waals surface area contributed by atoms with Gasteiger partial charge in [0.1, 0.15) is 0 Å². The summed E-state index contributed by atoms with van der Waals surface area (Å²) in [6.45, 7) is 1.68. The molecule has 0 saturated heterocycles. The summed E-state index contributed by atoms with van der Waals surface area (Å²) in [4.78, 5) is 12.8. The standard InChI is InChI=1S/C22H22N2O5S/c1-15-9-10-16(13-21(15)30(26,27)24-17-7-5-4-6-8-17)22(25)23-18-11-12-19(28-2)20(14-18)29-3/h4-14,24H,1-3H3,(H,23,25). The van der Waals surface area contributed by atoms with Gasteiger partial charge in [-0.2, -0.15) is 0 Å². The van der Waals surface area contributed by atoms with Gasteiger partial charge in [0.25, 0.3) is 15.9 Å². The summed E-state index contributed by atoms with van der Waals surface area (Å²) < 4.78 is 38.6. The van der Waals surface area contributed by atoms with Crippen LogP contribution in [0.5, 0.6) is 11.5 Å². The normalized spacial score (nSPS) is 10.9. The van der Waals surface area contributed by atoms with Gasteiger partial charge in [0.2, 0.25) is 0 Å². The molecule has 2 N–H and O–H groups in total. The second-order valence-corrected chi connectivity index (χ2v) is 8.13. The average Bonchev–Trinajstić information content (AvgIpc) is 2.74. The van der Waals surface area contributed by atoms with Gasteiger partial charge in [-0.05, 0) is 48.9 Å². The van der Waals surface area contributed by atoms with Crippen molar-refractivity contribution in [2.75, 3.05) is 24.3 Å². The van der Waals surface area contributed by atoms with Gasteiger partial charge in [0, 0.05) is 23.0 Å². The highest BCUT2D eigenvalue weighted by atomic mass is 32.2. The maximum atomic E-state index is 12.8. The van der Waals surface area contributed by atoms with Crippen LogP contribution in [0.4, 0.5) is 11.4 Å². The largest absolute Gasteiger partial charge is 0.493 e. The number of nitrogens with one attached hydrogen (secondary N) is 2. The average molecular weight is 426 g/mol. The molecule has 0 aromatic heterocycles. The number of sulfonamides is 1. The minimum atomic E-state index is -3.86. The maximum absolute atomic E-state index is 12.8. The molecule has 0 bridgehead atoms. The smallest absolute Gasteiger partial charge is 0.262 e. The van der Waals surface area contributed by atoms with E-state index in [0.29, 0.717) is 28.4 Å². The summed E-state index contributed by atoms with van der Waals surface area (Å²) in [5.74, 6) is 0.555. The first kappa shape index (κ1) is 21.2. The fourth-order valence-electron chi connectivity index (χ4n) is 2.86. The first-order valence-electron chi connectivity index (χ1n) is 9.06. The molecule has 0 radical (unpaired) electrons. The SMILES string of the molecule is COc1ccc(NC(=O)c2ccc(C)c(S(=O)(=O)Nc3ccccc3)c2)cc1OC. The van der Waals surface area contributed by atoms with Gasteiger partial charge in [-0.15, -0.1) is 0 Å². The minimum absolute atomic E-state index is 0.0336. The number of benzene rings is 3. The first-order chi connectivity index (χ1) is 14.3. The van der Waals surface area contributed by atoms with Gasteiger partial charge in [-0.25, -0.2) is 8.42 Å². The van der Waals surface area contributed by atoms with Crippen molar-refractivity contribution in [3.63, 3.8) is 0 Å². The van der Waals surface area contributed by atoms with Crippen molar-refractivity contribution < 1.29 is 22.7 Å². The van der Waals surface area contributed by atoms with Gasteiger partial charge in [0.05, 0.1) is 19.1 Å². The highest BCUT2D eigenvalue weighted by Crippen LogP contribution is 2.30. The van der Waals surface area contributed by atoms with Crippen LogP contribution < -0.4 is 19.5 Å². The van der Waals surface area contributed by atoms with Crippen molar-refractivity contribution in [2.45, 2.75) is 11.8 Å². The Morgan fingerprint density at radius 1 is 0.833 bits per heavy atom. The third kappa shape index (κ3) is 4.72. The van der Waals surface area contributed by atoms with Gasteiger partial charge >= 0.3 is 0 Å². The number of carbonyl (C=O) groups is 1. The molecule has 3 aromatic carbocycles. The molecule has 0 atom stereocenters. The second kappa shape index (κ2) is 8.87. The Balaban J connectivity index is 1.86. The molecule has 30 heavy (non-hydrogen) atoms. The molecule has 3 rings (SSSR count). The van der Waals surface area contributed by atoms with Crippen molar-refractivity contribution in [1.29, 1.82) is 0 Å². The topological polar surface area (TPSA) is 93.7 Å². The lowest BCUT2D eigenvalue weighted by atomic mass is 10.1. The predicted molar refractivity (Wildman–Crippen MR) is 116 cm³/mol. The number of amides is 1. The lowest BCUT2D eigenvalue weighted by Gasteiger charge is -2.13. The maximum Gasteiger partial charge on any atom is 0.262 e. The molecule has 0 heterocycles. The zero-order valence-corrected chi connectivity index (χ0v) is 17.6. The Bertz CT molecular complexity index is 1160. The first-order valence-corrected chi connectivity index (χ1v) is 10.5. The van der Waals surface area contributed by atoms with Crippen LogP contribution in [0.1, 0.15) is 15.9 Å². The molecule has 3 aromatic rings. The van der Waals surface area contributed by atoms with E-state index in [4.69, 9.17) is 9.47 Å². The number of hydrogen-bond donors (Lipinski definition) is 2. The Labute approximate surface area is 175 Å². The third-order valence-electron chi connectivity index (χ3n) is 4.41. The number of methoxy groups -OCH3 is 2. The van der Waals surface area contributed by atoms with E-state index in [0.717, 1.165) is 0 Å². The lowest BCUT2D eigenvalue weighted by molar-refractivity contribution is 0.102. The quantitative estimate of drug-likeness (QED) is 0.594. The summed E-state index contributed by atoms with van der Waals surface area (Å²) in [5.41, 5.74) is 1.67. The Morgan fingerprint density at radius 2 is 1.53 bits per heavy atom. The summed E-state index contributed by atoms with van der Waals surface area (Å²) in [5, 5.41) is 2.74. The molecule has 0 aliphatic heterocycles. The lowest BCUT2D eigenvalue weighted by Crippen LogP contribution is -2.17. The van der Waals surface area contributed by atoms with Gasteiger partial charge < -0.3 is 14.8 Å². The predicted octanol–water partition coefficient (Wildman–Crippen LogP) is 4.07. The number of carbonyl (C=O) groups excluding carboxylic acids is 1. The molecule has 0 fully saturated rings. The van der Waals surface area contributed by atoms with Crippen molar-refractivity contribution >= 4 is 27.3 Å². The molecular weight excluding hydrogens is 404 g/mol. The molecule has 0 aliphatic carbocycles. The van der Waals surface area contributed by atoms with Gasteiger partial charge in [0.15, 0.2) is 11.5 Å². The molecule has 1 amide bonds. The summed E-state index contributed by atoms with van der Waals surface area (Å²) in [7, 11) is -0.837. The van der Waals surface area contributed by atoms with Crippen molar-refractivity contribution in [2.24, 2.45) is 0 Å². The Hall–Kier alpha value is -3.52. The van der Waals surface area contributed by atoms with Gasteiger partial charge in [-0.1, -0.05) is 24.3 Å². The van der Waals surface area contributed by atoms with Crippen LogP contribution in [0.3, 0.4) is 0 Å². The Kier molecular flexibility index (Phi) is 6.27. The highest BCUT2D eigenvalue weighted by Gasteiger charge is 2.19. The van der Waals surface area contributed by atoms with E-state index in [9.17, 15) is 13.2 Å². The van der Waals surface area contributed by atoms with E-state index in [1.54, 1.807) is 67.6 Å². The van der Waals surface area contributed by atoms with Crippen LogP contribution in [-0.2, 0) is 10.0 Å². The number of rotatable bonds is 7. The molecular formula is C22H22N2O5S. The van der Waals surface area contributed by atoms with Crippen molar-refractivity contribution in [1.82, 2.24) is 0 Å². The number of para-hydroxylation sites is 1. The van der Waals surface area contributed by atoms with E-state index in [-0.39, 0.29) is 10.5 Å². The third-order valence-corrected chi connectivity index (χ3v) is 5.93. The van der Waals surface area contributed by atoms with Gasteiger partial charge in [-0.3, -0.25) is 9.52 Å². The summed E-state index contributed by atoms with van der Waals surface area (Å²) >= 11 is 0.